The third kappa shape index (κ3) is 3.44. The van der Waals surface area contributed by atoms with Gasteiger partial charge >= 0.3 is 5.97 Å². The summed E-state index contributed by atoms with van der Waals surface area (Å²) in [7, 11) is 1.32. The summed E-state index contributed by atoms with van der Waals surface area (Å²) in [5, 5.41) is 3.44. The quantitative estimate of drug-likeness (QED) is 0.858. The Balaban J connectivity index is 1.70. The molecular weight excluding hydrogens is 334 g/mol. The molecule has 23 heavy (non-hydrogen) atoms. The van der Waals surface area contributed by atoms with E-state index in [1.54, 1.807) is 12.1 Å². The lowest BCUT2D eigenvalue weighted by molar-refractivity contribution is 0.0606. The third-order valence-corrected chi connectivity index (χ3v) is 5.76. The van der Waals surface area contributed by atoms with Gasteiger partial charge in [0.25, 0.3) is 5.91 Å². The van der Waals surface area contributed by atoms with Crippen molar-refractivity contribution in [2.45, 2.75) is 19.9 Å². The summed E-state index contributed by atoms with van der Waals surface area (Å²) in [6.07, 6.45) is 0.918. The van der Waals surface area contributed by atoms with Crippen molar-refractivity contribution >= 4 is 39.7 Å². The number of carbonyl (C=O) groups excluding carboxylic acids is 2. The van der Waals surface area contributed by atoms with E-state index in [-0.39, 0.29) is 5.91 Å². The number of aromatic nitrogens is 1. The van der Waals surface area contributed by atoms with Crippen molar-refractivity contribution in [3.63, 3.8) is 0 Å². The largest absolute Gasteiger partial charge is 0.465 e. The number of methoxy groups -OCH3 is 1. The van der Waals surface area contributed by atoms with Gasteiger partial charge in [0.15, 0.2) is 5.13 Å². The summed E-state index contributed by atoms with van der Waals surface area (Å²) in [5.74, 6) is -0.679. The van der Waals surface area contributed by atoms with Crippen molar-refractivity contribution in [3.8, 4) is 0 Å². The molecule has 122 valence electrons. The molecule has 1 aliphatic heterocycles. The maximum absolute atomic E-state index is 12.3. The van der Waals surface area contributed by atoms with Crippen LogP contribution in [0.4, 0.5) is 5.13 Å². The number of hydrogen-bond acceptors (Lipinski definition) is 7. The van der Waals surface area contributed by atoms with Gasteiger partial charge in [-0.15, -0.1) is 22.7 Å². The smallest absolute Gasteiger partial charge is 0.348 e. The molecule has 1 N–H and O–H groups in total. The van der Waals surface area contributed by atoms with E-state index < -0.39 is 5.97 Å². The van der Waals surface area contributed by atoms with Gasteiger partial charge in [0.2, 0.25) is 0 Å². The van der Waals surface area contributed by atoms with Gasteiger partial charge in [-0.3, -0.25) is 15.0 Å². The third-order valence-electron chi connectivity index (χ3n) is 3.69. The number of amides is 1. The number of ether oxygens (including phenoxy) is 1. The van der Waals surface area contributed by atoms with E-state index in [1.165, 1.54) is 23.3 Å². The average Bonchev–Trinajstić information content (AvgIpc) is 3.19. The molecule has 0 saturated heterocycles. The first kappa shape index (κ1) is 16.1. The fourth-order valence-electron chi connectivity index (χ4n) is 2.40. The molecule has 3 heterocycles. The molecule has 0 fully saturated rings. The van der Waals surface area contributed by atoms with Crippen molar-refractivity contribution in [1.82, 2.24) is 9.88 Å². The molecule has 2 aromatic heterocycles. The van der Waals surface area contributed by atoms with Gasteiger partial charge in [-0.05, 0) is 18.7 Å². The van der Waals surface area contributed by atoms with E-state index >= 15 is 0 Å². The van der Waals surface area contributed by atoms with Crippen LogP contribution in [0.15, 0.2) is 12.1 Å². The van der Waals surface area contributed by atoms with E-state index in [2.05, 4.69) is 26.9 Å². The van der Waals surface area contributed by atoms with E-state index in [4.69, 9.17) is 0 Å². The van der Waals surface area contributed by atoms with Gasteiger partial charge < -0.3 is 4.74 Å². The number of thiazole rings is 1. The van der Waals surface area contributed by atoms with Gasteiger partial charge in [0.1, 0.15) is 4.88 Å². The maximum atomic E-state index is 12.3. The Kier molecular flexibility index (Phi) is 4.74. The molecule has 0 bridgehead atoms. The van der Waals surface area contributed by atoms with Gasteiger partial charge in [-0.2, -0.15) is 0 Å². The van der Waals surface area contributed by atoms with Gasteiger partial charge in [0.05, 0.1) is 17.7 Å². The van der Waals surface area contributed by atoms with Crippen LogP contribution in [-0.2, 0) is 17.7 Å². The van der Waals surface area contributed by atoms with E-state index in [0.717, 1.165) is 43.1 Å². The molecule has 1 aliphatic rings. The minimum Gasteiger partial charge on any atom is -0.465 e. The van der Waals surface area contributed by atoms with Crippen molar-refractivity contribution in [1.29, 1.82) is 0 Å². The Morgan fingerprint density at radius 1 is 1.35 bits per heavy atom. The van der Waals surface area contributed by atoms with E-state index in [1.807, 2.05) is 0 Å². The highest BCUT2D eigenvalue weighted by molar-refractivity contribution is 7.17. The normalized spacial score (nSPS) is 14.3. The van der Waals surface area contributed by atoms with E-state index in [0.29, 0.717) is 14.9 Å². The number of thiophene rings is 1. The fourth-order valence-corrected chi connectivity index (χ4v) is 4.27. The van der Waals surface area contributed by atoms with Crippen molar-refractivity contribution in [3.05, 3.63) is 32.5 Å². The second kappa shape index (κ2) is 6.77. The molecule has 6 nitrogen and oxygen atoms in total. The monoisotopic (exact) mass is 351 g/mol. The lowest BCUT2D eigenvalue weighted by Gasteiger charge is -2.23. The van der Waals surface area contributed by atoms with Gasteiger partial charge in [-0.1, -0.05) is 6.92 Å². The molecular formula is C15H17N3O3S2. The van der Waals surface area contributed by atoms with Crippen LogP contribution in [0.3, 0.4) is 0 Å². The highest BCUT2D eigenvalue weighted by Gasteiger charge is 2.21. The molecule has 3 rings (SSSR count). The molecule has 0 unspecified atom stereocenters. The Morgan fingerprint density at radius 2 is 2.13 bits per heavy atom. The highest BCUT2D eigenvalue weighted by Crippen LogP contribution is 2.29. The summed E-state index contributed by atoms with van der Waals surface area (Å²) in [5.41, 5.74) is 1.08. The molecule has 0 atom stereocenters. The molecule has 8 heteroatoms. The number of esters is 1. The zero-order chi connectivity index (χ0) is 16.4. The maximum Gasteiger partial charge on any atom is 0.348 e. The number of hydrogen-bond donors (Lipinski definition) is 1. The first-order chi connectivity index (χ1) is 11.1. The first-order valence-corrected chi connectivity index (χ1v) is 8.94. The molecule has 2 aromatic rings. The SMILES string of the molecule is CCN1CCc2nc(NC(=O)c3ccc(C(=O)OC)s3)sc2C1. The predicted molar refractivity (Wildman–Crippen MR) is 90.4 cm³/mol. The van der Waals surface area contributed by atoms with Crippen LogP contribution in [0.1, 0.15) is 36.8 Å². The van der Waals surface area contributed by atoms with Crippen LogP contribution in [0, 0.1) is 0 Å². The minimum atomic E-state index is -0.432. The van der Waals surface area contributed by atoms with Gasteiger partial charge in [0, 0.05) is 24.4 Å². The second-order valence-corrected chi connectivity index (χ2v) is 7.28. The van der Waals surface area contributed by atoms with Crippen LogP contribution in [0.5, 0.6) is 0 Å². The molecule has 0 radical (unpaired) electrons. The summed E-state index contributed by atoms with van der Waals surface area (Å²) < 4.78 is 4.65. The zero-order valence-electron chi connectivity index (χ0n) is 12.9. The van der Waals surface area contributed by atoms with Crippen LogP contribution < -0.4 is 5.32 Å². The Hall–Kier alpha value is -1.77. The zero-order valence-corrected chi connectivity index (χ0v) is 14.6. The van der Waals surface area contributed by atoms with Crippen molar-refractivity contribution in [2.24, 2.45) is 0 Å². The van der Waals surface area contributed by atoms with Crippen LogP contribution in [-0.4, -0.2) is 42.0 Å². The number of rotatable bonds is 4. The first-order valence-electron chi connectivity index (χ1n) is 7.31. The van der Waals surface area contributed by atoms with Gasteiger partial charge in [-0.25, -0.2) is 9.78 Å². The number of nitrogens with one attached hydrogen (secondary N) is 1. The molecule has 1 amide bonds. The van der Waals surface area contributed by atoms with Crippen LogP contribution in [0.2, 0.25) is 0 Å². The number of nitrogens with zero attached hydrogens (tertiary/aromatic N) is 2. The second-order valence-electron chi connectivity index (χ2n) is 5.12. The summed E-state index contributed by atoms with van der Waals surface area (Å²) in [4.78, 5) is 32.7. The fraction of sp³-hybridized carbons (Fsp3) is 0.400. The summed E-state index contributed by atoms with van der Waals surface area (Å²) in [6, 6.07) is 3.22. The van der Waals surface area contributed by atoms with Crippen molar-refractivity contribution < 1.29 is 14.3 Å². The molecule has 0 spiro atoms. The van der Waals surface area contributed by atoms with Crippen molar-refractivity contribution in [2.75, 3.05) is 25.5 Å². The Labute approximate surface area is 142 Å². The van der Waals surface area contributed by atoms with Crippen LogP contribution >= 0.6 is 22.7 Å². The lowest BCUT2D eigenvalue weighted by Crippen LogP contribution is -2.29. The van der Waals surface area contributed by atoms with Crippen LogP contribution in [0.25, 0.3) is 0 Å². The number of anilines is 1. The summed E-state index contributed by atoms with van der Waals surface area (Å²) >= 11 is 2.64. The minimum absolute atomic E-state index is 0.247. The predicted octanol–water partition coefficient (Wildman–Crippen LogP) is 2.62. The molecule has 0 aromatic carbocycles. The topological polar surface area (TPSA) is 71.5 Å². The standard InChI is InChI=1S/C15H17N3O3S2/c1-3-18-7-6-9-12(8-18)23-15(16-9)17-13(19)10-4-5-11(22-10)14(20)21-2/h4-5H,3,6-8H2,1-2H3,(H,16,17,19). The summed E-state index contributed by atoms with van der Waals surface area (Å²) in [6.45, 7) is 5.06. The number of fused-ring (bicyclic) bond motifs is 1. The lowest BCUT2D eigenvalue weighted by atomic mass is 10.2. The van der Waals surface area contributed by atoms with E-state index in [9.17, 15) is 9.59 Å². The highest BCUT2D eigenvalue weighted by atomic mass is 32.1. The molecule has 0 saturated carbocycles. The Bertz CT molecular complexity index is 738. The number of likely N-dealkylation sites (N-methyl/N-ethyl adjacent to an activating group) is 1. The molecule has 0 aliphatic carbocycles. The Morgan fingerprint density at radius 3 is 2.87 bits per heavy atom. The number of carbonyl (C=O) groups is 2. The average molecular weight is 351 g/mol.